The Kier molecular flexibility index (Phi) is 3.31. The molecule has 0 unspecified atom stereocenters. The van der Waals surface area contributed by atoms with E-state index in [1.54, 1.807) is 16.8 Å². The summed E-state index contributed by atoms with van der Waals surface area (Å²) in [6, 6.07) is 0.0427. The Morgan fingerprint density at radius 2 is 1.62 bits per heavy atom. The first kappa shape index (κ1) is 11.2. The van der Waals surface area contributed by atoms with E-state index in [-0.39, 0.29) is 18.5 Å². The molecule has 0 bridgehead atoms. The highest BCUT2D eigenvalue weighted by atomic mass is 16.2. The lowest BCUT2D eigenvalue weighted by Crippen LogP contribution is -2.44. The minimum atomic E-state index is 0.0427. The van der Waals surface area contributed by atoms with E-state index in [2.05, 4.69) is 0 Å². The van der Waals surface area contributed by atoms with Crippen LogP contribution in [0.3, 0.4) is 0 Å². The van der Waals surface area contributed by atoms with E-state index >= 15 is 0 Å². The lowest BCUT2D eigenvalue weighted by atomic mass is 10.4. The van der Waals surface area contributed by atoms with E-state index < -0.39 is 0 Å². The minimum absolute atomic E-state index is 0.0427. The number of likely N-dealkylation sites (N-methyl/N-ethyl adjacent to an activating group) is 1. The van der Waals surface area contributed by atoms with Crippen LogP contribution in [-0.2, 0) is 4.79 Å². The van der Waals surface area contributed by atoms with Gasteiger partial charge in [-0.25, -0.2) is 4.79 Å². The summed E-state index contributed by atoms with van der Waals surface area (Å²) in [4.78, 5) is 29.0. The Balaban J connectivity index is 1.97. The van der Waals surface area contributed by atoms with Crippen molar-refractivity contribution in [3.05, 3.63) is 0 Å². The minimum Gasteiger partial charge on any atom is -0.344 e. The van der Waals surface area contributed by atoms with Gasteiger partial charge in [0, 0.05) is 33.2 Å². The van der Waals surface area contributed by atoms with Gasteiger partial charge in [0.2, 0.25) is 5.91 Å². The molecule has 0 aromatic carbocycles. The average molecular weight is 225 g/mol. The number of carbonyl (C=O) groups excluding carboxylic acids is 2. The number of amides is 3. The fourth-order valence-corrected chi connectivity index (χ4v) is 2.26. The molecule has 5 nitrogen and oxygen atoms in total. The molecule has 0 saturated carbocycles. The van der Waals surface area contributed by atoms with Crippen LogP contribution in [0.1, 0.15) is 19.3 Å². The zero-order valence-electron chi connectivity index (χ0n) is 9.81. The van der Waals surface area contributed by atoms with Crippen LogP contribution in [0.2, 0.25) is 0 Å². The summed E-state index contributed by atoms with van der Waals surface area (Å²) in [5.74, 6) is 0.0463. The van der Waals surface area contributed by atoms with E-state index in [0.717, 1.165) is 38.9 Å². The quantitative estimate of drug-likeness (QED) is 0.597. The van der Waals surface area contributed by atoms with Crippen molar-refractivity contribution < 1.29 is 9.59 Å². The molecular formula is C11H19N3O2. The molecule has 2 aliphatic heterocycles. The lowest BCUT2D eigenvalue weighted by Gasteiger charge is -2.25. The van der Waals surface area contributed by atoms with Gasteiger partial charge in [-0.3, -0.25) is 4.79 Å². The van der Waals surface area contributed by atoms with Crippen molar-refractivity contribution in [2.24, 2.45) is 0 Å². The van der Waals surface area contributed by atoms with Gasteiger partial charge in [-0.2, -0.15) is 0 Å². The summed E-state index contributed by atoms with van der Waals surface area (Å²) in [5, 5.41) is 0. The van der Waals surface area contributed by atoms with Crippen LogP contribution in [0.15, 0.2) is 0 Å². The molecule has 0 spiro atoms. The molecule has 16 heavy (non-hydrogen) atoms. The summed E-state index contributed by atoms with van der Waals surface area (Å²) in [6.45, 7) is 3.39. The summed E-state index contributed by atoms with van der Waals surface area (Å²) in [7, 11) is 1.80. The fourth-order valence-electron chi connectivity index (χ4n) is 2.26. The van der Waals surface area contributed by atoms with Gasteiger partial charge in [-0.15, -0.1) is 0 Å². The summed E-state index contributed by atoms with van der Waals surface area (Å²) < 4.78 is 0. The Labute approximate surface area is 96.0 Å². The highest BCUT2D eigenvalue weighted by Gasteiger charge is 2.27. The SMILES string of the molecule is CN1CCCN(C(=O)N2CCCC2)CC1=O. The summed E-state index contributed by atoms with van der Waals surface area (Å²) >= 11 is 0. The van der Waals surface area contributed by atoms with Crippen molar-refractivity contribution in [1.29, 1.82) is 0 Å². The number of urea groups is 1. The number of carbonyl (C=O) groups is 2. The van der Waals surface area contributed by atoms with Crippen molar-refractivity contribution in [2.45, 2.75) is 19.3 Å². The molecule has 0 aromatic rings. The monoisotopic (exact) mass is 225 g/mol. The average Bonchev–Trinajstić information content (AvgIpc) is 2.74. The van der Waals surface area contributed by atoms with Crippen molar-refractivity contribution in [1.82, 2.24) is 14.7 Å². The molecule has 0 aliphatic carbocycles. The predicted molar refractivity (Wildman–Crippen MR) is 60.0 cm³/mol. The Bertz CT molecular complexity index is 287. The number of likely N-dealkylation sites (tertiary alicyclic amines) is 1. The molecular weight excluding hydrogens is 206 g/mol. The second kappa shape index (κ2) is 4.72. The zero-order valence-corrected chi connectivity index (χ0v) is 9.81. The van der Waals surface area contributed by atoms with Crippen LogP contribution >= 0.6 is 0 Å². The van der Waals surface area contributed by atoms with Crippen LogP contribution in [0.25, 0.3) is 0 Å². The van der Waals surface area contributed by atoms with E-state index in [0.29, 0.717) is 6.54 Å². The van der Waals surface area contributed by atoms with Crippen molar-refractivity contribution in [2.75, 3.05) is 39.8 Å². The van der Waals surface area contributed by atoms with Crippen LogP contribution in [0.5, 0.6) is 0 Å². The van der Waals surface area contributed by atoms with Gasteiger partial charge >= 0.3 is 6.03 Å². The van der Waals surface area contributed by atoms with Crippen LogP contribution in [-0.4, -0.2) is 66.4 Å². The van der Waals surface area contributed by atoms with Crippen LogP contribution < -0.4 is 0 Å². The van der Waals surface area contributed by atoms with Gasteiger partial charge in [-0.05, 0) is 19.3 Å². The molecule has 0 radical (unpaired) electrons. The molecule has 5 heteroatoms. The zero-order chi connectivity index (χ0) is 11.5. The number of hydrogen-bond acceptors (Lipinski definition) is 2. The van der Waals surface area contributed by atoms with Crippen molar-refractivity contribution in [3.8, 4) is 0 Å². The lowest BCUT2D eigenvalue weighted by molar-refractivity contribution is -0.129. The second-order valence-electron chi connectivity index (χ2n) is 4.57. The number of nitrogens with zero attached hydrogens (tertiary/aromatic N) is 3. The highest BCUT2D eigenvalue weighted by molar-refractivity contribution is 5.84. The maximum atomic E-state index is 12.1. The molecule has 2 aliphatic rings. The molecule has 2 heterocycles. The van der Waals surface area contributed by atoms with Gasteiger partial charge in [0.05, 0.1) is 0 Å². The molecule has 0 aromatic heterocycles. The van der Waals surface area contributed by atoms with Gasteiger partial charge in [-0.1, -0.05) is 0 Å². The topological polar surface area (TPSA) is 43.9 Å². The molecule has 0 atom stereocenters. The van der Waals surface area contributed by atoms with Gasteiger partial charge < -0.3 is 14.7 Å². The Morgan fingerprint density at radius 3 is 2.31 bits per heavy atom. The molecule has 2 saturated heterocycles. The predicted octanol–water partition coefficient (Wildman–Crippen LogP) is 0.366. The molecule has 3 amide bonds. The maximum Gasteiger partial charge on any atom is 0.320 e. The summed E-state index contributed by atoms with van der Waals surface area (Å²) in [6.07, 6.45) is 3.06. The van der Waals surface area contributed by atoms with Crippen LogP contribution in [0.4, 0.5) is 4.79 Å². The first-order valence-corrected chi connectivity index (χ1v) is 5.96. The standard InChI is InChI=1S/C11H19N3O2/c1-12-5-4-8-14(9-10(12)15)11(16)13-6-2-3-7-13/h2-9H2,1H3. The summed E-state index contributed by atoms with van der Waals surface area (Å²) in [5.41, 5.74) is 0. The maximum absolute atomic E-state index is 12.1. The van der Waals surface area contributed by atoms with Crippen molar-refractivity contribution >= 4 is 11.9 Å². The fraction of sp³-hybridized carbons (Fsp3) is 0.818. The largest absolute Gasteiger partial charge is 0.344 e. The van der Waals surface area contributed by atoms with Gasteiger partial charge in [0.1, 0.15) is 6.54 Å². The first-order chi connectivity index (χ1) is 7.68. The van der Waals surface area contributed by atoms with Gasteiger partial charge in [0.15, 0.2) is 0 Å². The Hall–Kier alpha value is -1.26. The molecule has 2 fully saturated rings. The third-order valence-electron chi connectivity index (χ3n) is 3.32. The smallest absolute Gasteiger partial charge is 0.320 e. The number of rotatable bonds is 0. The third kappa shape index (κ3) is 2.28. The van der Waals surface area contributed by atoms with E-state index in [4.69, 9.17) is 0 Å². The molecule has 0 N–H and O–H groups in total. The normalized spacial score (nSPS) is 22.6. The third-order valence-corrected chi connectivity index (χ3v) is 3.32. The van der Waals surface area contributed by atoms with E-state index in [1.807, 2.05) is 4.90 Å². The Morgan fingerprint density at radius 1 is 1.00 bits per heavy atom. The second-order valence-corrected chi connectivity index (χ2v) is 4.57. The number of hydrogen-bond donors (Lipinski definition) is 0. The molecule has 90 valence electrons. The van der Waals surface area contributed by atoms with E-state index in [1.165, 1.54) is 0 Å². The van der Waals surface area contributed by atoms with Crippen molar-refractivity contribution in [3.63, 3.8) is 0 Å². The van der Waals surface area contributed by atoms with Crippen LogP contribution in [0, 0.1) is 0 Å². The van der Waals surface area contributed by atoms with Gasteiger partial charge in [0.25, 0.3) is 0 Å². The highest BCUT2D eigenvalue weighted by Crippen LogP contribution is 2.12. The first-order valence-electron chi connectivity index (χ1n) is 5.96. The van der Waals surface area contributed by atoms with E-state index in [9.17, 15) is 9.59 Å². The molecule has 2 rings (SSSR count).